The van der Waals surface area contributed by atoms with E-state index in [-0.39, 0.29) is 30.6 Å². The summed E-state index contributed by atoms with van der Waals surface area (Å²) >= 11 is 0. The van der Waals surface area contributed by atoms with E-state index < -0.39 is 0 Å². The van der Waals surface area contributed by atoms with Gasteiger partial charge < -0.3 is 23.9 Å². The Balaban J connectivity index is 1.31. The normalized spacial score (nSPS) is 22.2. The minimum absolute atomic E-state index is 0.0718. The predicted molar refractivity (Wildman–Crippen MR) is 130 cm³/mol. The van der Waals surface area contributed by atoms with E-state index in [1.165, 1.54) is 0 Å². The van der Waals surface area contributed by atoms with Crippen LogP contribution in [-0.2, 0) is 22.6 Å². The minimum atomic E-state index is -0.118. The number of ether oxygens (including phenoxy) is 4. The van der Waals surface area contributed by atoms with E-state index in [0.717, 1.165) is 62.0 Å². The van der Waals surface area contributed by atoms with Crippen LogP contribution in [0.5, 0.6) is 11.5 Å². The summed E-state index contributed by atoms with van der Waals surface area (Å²) in [6.45, 7) is 5.66. The van der Waals surface area contributed by atoms with Crippen LogP contribution >= 0.6 is 0 Å². The van der Waals surface area contributed by atoms with Crippen LogP contribution in [0.3, 0.4) is 0 Å². The van der Waals surface area contributed by atoms with Crippen molar-refractivity contribution in [3.8, 4) is 11.5 Å². The molecule has 0 amide bonds. The lowest BCUT2D eigenvalue weighted by Gasteiger charge is -2.32. The molecule has 1 aromatic carbocycles. The Morgan fingerprint density at radius 2 is 1.89 bits per heavy atom. The molecule has 3 aliphatic rings. The maximum atomic E-state index is 13.2. The summed E-state index contributed by atoms with van der Waals surface area (Å²) in [5.74, 6) is 2.14. The molecule has 2 saturated heterocycles. The van der Waals surface area contributed by atoms with Crippen molar-refractivity contribution in [2.45, 2.75) is 70.4 Å². The largest absolute Gasteiger partial charge is 0.454 e. The molecule has 0 radical (unpaired) electrons. The third kappa shape index (κ3) is 4.70. The van der Waals surface area contributed by atoms with Gasteiger partial charge in [0.15, 0.2) is 17.3 Å². The first-order valence-electron chi connectivity index (χ1n) is 12.9. The molecule has 0 saturated carbocycles. The van der Waals surface area contributed by atoms with Gasteiger partial charge in [-0.2, -0.15) is 0 Å². The van der Waals surface area contributed by atoms with Gasteiger partial charge in [-0.05, 0) is 54.7 Å². The highest BCUT2D eigenvalue weighted by Gasteiger charge is 2.30. The lowest BCUT2D eigenvalue weighted by Crippen LogP contribution is -2.38. The number of aromatic amines is 1. The van der Waals surface area contributed by atoms with Gasteiger partial charge in [0.05, 0.1) is 30.3 Å². The molecule has 1 N–H and O–H groups in total. The van der Waals surface area contributed by atoms with Gasteiger partial charge in [0.25, 0.3) is 5.56 Å². The Hall–Kier alpha value is -3.02. The SMILES string of the molecule is CC[C@H](c1nnnn1C[C@@H]1CCCO1)N(Cc1cc2cc3c(cc2[nH]c1=O)OCO3)C[C@@H]1CCCO1. The topological polar surface area (TPSA) is 117 Å². The Labute approximate surface area is 208 Å². The summed E-state index contributed by atoms with van der Waals surface area (Å²) in [5, 5.41) is 13.6. The second-order valence-corrected chi connectivity index (χ2v) is 9.76. The second-order valence-electron chi connectivity index (χ2n) is 9.76. The number of hydrogen-bond acceptors (Lipinski definition) is 9. The van der Waals surface area contributed by atoms with Gasteiger partial charge in [0.2, 0.25) is 6.79 Å². The van der Waals surface area contributed by atoms with Gasteiger partial charge >= 0.3 is 0 Å². The van der Waals surface area contributed by atoms with E-state index in [2.05, 4.69) is 32.3 Å². The molecule has 0 spiro atoms. The van der Waals surface area contributed by atoms with Crippen molar-refractivity contribution in [1.29, 1.82) is 0 Å². The second kappa shape index (κ2) is 10.2. The molecule has 36 heavy (non-hydrogen) atoms. The fourth-order valence-electron chi connectivity index (χ4n) is 5.49. The number of rotatable bonds is 9. The van der Waals surface area contributed by atoms with E-state index in [4.69, 9.17) is 18.9 Å². The van der Waals surface area contributed by atoms with Crippen LogP contribution in [-0.4, -0.2) is 68.9 Å². The molecule has 3 aliphatic heterocycles. The van der Waals surface area contributed by atoms with Gasteiger partial charge in [-0.25, -0.2) is 4.68 Å². The minimum Gasteiger partial charge on any atom is -0.454 e. The molecule has 2 aromatic heterocycles. The lowest BCUT2D eigenvalue weighted by molar-refractivity contribution is 0.0470. The van der Waals surface area contributed by atoms with Crippen molar-refractivity contribution in [3.05, 3.63) is 39.9 Å². The third-order valence-electron chi connectivity index (χ3n) is 7.34. The zero-order valence-corrected chi connectivity index (χ0v) is 20.5. The van der Waals surface area contributed by atoms with Crippen molar-refractivity contribution in [2.24, 2.45) is 0 Å². The number of tetrazole rings is 1. The quantitative estimate of drug-likeness (QED) is 0.477. The molecule has 2 fully saturated rings. The Kier molecular flexibility index (Phi) is 6.60. The van der Waals surface area contributed by atoms with Crippen molar-refractivity contribution >= 4 is 10.9 Å². The van der Waals surface area contributed by atoms with E-state index in [1.807, 2.05) is 22.9 Å². The molecule has 3 aromatic rings. The van der Waals surface area contributed by atoms with Crippen LogP contribution in [0.4, 0.5) is 0 Å². The highest BCUT2D eigenvalue weighted by atomic mass is 16.7. The zero-order chi connectivity index (χ0) is 24.5. The first kappa shape index (κ1) is 23.4. The van der Waals surface area contributed by atoms with Crippen LogP contribution < -0.4 is 15.0 Å². The monoisotopic (exact) mass is 496 g/mol. The molecule has 0 unspecified atom stereocenters. The molecule has 3 atom stereocenters. The number of aromatic nitrogens is 5. The number of benzene rings is 1. The molecular weight excluding hydrogens is 464 g/mol. The van der Waals surface area contributed by atoms with Crippen LogP contribution in [0.25, 0.3) is 10.9 Å². The maximum absolute atomic E-state index is 13.2. The van der Waals surface area contributed by atoms with Crippen molar-refractivity contribution in [3.63, 3.8) is 0 Å². The fourth-order valence-corrected chi connectivity index (χ4v) is 5.49. The smallest absolute Gasteiger partial charge is 0.252 e. The van der Waals surface area contributed by atoms with Gasteiger partial charge in [0.1, 0.15) is 0 Å². The van der Waals surface area contributed by atoms with E-state index in [9.17, 15) is 4.79 Å². The molecule has 0 bridgehead atoms. The number of nitrogens with one attached hydrogen (secondary N) is 1. The zero-order valence-electron chi connectivity index (χ0n) is 20.5. The predicted octanol–water partition coefficient (Wildman–Crippen LogP) is 2.55. The standard InChI is InChI=1S/C25H32N6O5/c1-2-21(24-27-28-29-31(24)14-19-6-4-8-34-19)30(13-18-5-3-7-33-18)12-17-9-16-10-22-23(36-15-35-22)11-20(16)26-25(17)32/h9-11,18-19,21H,2-8,12-15H2,1H3,(H,26,32)/t18-,19-,21+/m0/s1. The van der Waals surface area contributed by atoms with Crippen LogP contribution in [0.2, 0.25) is 0 Å². The van der Waals surface area contributed by atoms with Crippen molar-refractivity contribution in [2.75, 3.05) is 26.6 Å². The number of fused-ring (bicyclic) bond motifs is 2. The highest BCUT2D eigenvalue weighted by molar-refractivity contribution is 5.83. The highest BCUT2D eigenvalue weighted by Crippen LogP contribution is 2.35. The summed E-state index contributed by atoms with van der Waals surface area (Å²) in [4.78, 5) is 18.5. The molecule has 11 nitrogen and oxygen atoms in total. The number of hydrogen-bond donors (Lipinski definition) is 1. The van der Waals surface area contributed by atoms with E-state index in [1.54, 1.807) is 0 Å². The first-order chi connectivity index (χ1) is 17.7. The van der Waals surface area contributed by atoms with Crippen molar-refractivity contribution < 1.29 is 18.9 Å². The lowest BCUT2D eigenvalue weighted by atomic mass is 10.1. The van der Waals surface area contributed by atoms with E-state index in [0.29, 0.717) is 36.7 Å². The Bertz CT molecular complexity index is 1260. The summed E-state index contributed by atoms with van der Waals surface area (Å²) in [6, 6.07) is 5.61. The number of pyridine rings is 1. The average Bonchev–Trinajstić information content (AvgIpc) is 3.68. The fraction of sp³-hybridized carbons (Fsp3) is 0.600. The summed E-state index contributed by atoms with van der Waals surface area (Å²) in [5.41, 5.74) is 1.29. The third-order valence-corrected chi connectivity index (χ3v) is 7.34. The van der Waals surface area contributed by atoms with Gasteiger partial charge in [-0.15, -0.1) is 5.10 Å². The van der Waals surface area contributed by atoms with Crippen molar-refractivity contribution in [1.82, 2.24) is 30.1 Å². The Morgan fingerprint density at radius 3 is 2.64 bits per heavy atom. The molecule has 5 heterocycles. The molecule has 0 aliphatic carbocycles. The number of H-pyrrole nitrogens is 1. The average molecular weight is 497 g/mol. The number of nitrogens with zero attached hydrogens (tertiary/aromatic N) is 5. The van der Waals surface area contributed by atoms with Crippen LogP contribution in [0.1, 0.15) is 56.5 Å². The molecule has 11 heteroatoms. The van der Waals surface area contributed by atoms with Gasteiger partial charge in [0, 0.05) is 43.3 Å². The molecule has 6 rings (SSSR count). The first-order valence-corrected chi connectivity index (χ1v) is 12.9. The summed E-state index contributed by atoms with van der Waals surface area (Å²) < 4.78 is 24.7. The van der Waals surface area contributed by atoms with Gasteiger partial charge in [-0.1, -0.05) is 6.92 Å². The van der Waals surface area contributed by atoms with Crippen LogP contribution in [0, 0.1) is 0 Å². The molecule has 192 valence electrons. The summed E-state index contributed by atoms with van der Waals surface area (Å²) in [7, 11) is 0. The van der Waals surface area contributed by atoms with Gasteiger partial charge in [-0.3, -0.25) is 9.69 Å². The molecular formula is C25H32N6O5. The maximum Gasteiger partial charge on any atom is 0.252 e. The van der Waals surface area contributed by atoms with Crippen LogP contribution in [0.15, 0.2) is 23.0 Å². The Morgan fingerprint density at radius 1 is 1.11 bits per heavy atom. The van der Waals surface area contributed by atoms with E-state index >= 15 is 0 Å². The summed E-state index contributed by atoms with van der Waals surface area (Å²) in [6.07, 6.45) is 5.18.